The van der Waals surface area contributed by atoms with Crippen LogP contribution in [-0.2, 0) is 22.4 Å². The number of ether oxygens (including phenoxy) is 2. The van der Waals surface area contributed by atoms with E-state index in [4.69, 9.17) is 9.47 Å². The summed E-state index contributed by atoms with van der Waals surface area (Å²) < 4.78 is 91.7. The summed E-state index contributed by atoms with van der Waals surface area (Å²) >= 11 is 0. The number of hydrogen-bond acceptors (Lipinski definition) is 8. The third-order valence-electron chi connectivity index (χ3n) is 7.51. The van der Waals surface area contributed by atoms with Crippen LogP contribution in [0.4, 0.5) is 31.1 Å². The number of aryl methyl sites for hydroxylation is 1. The van der Waals surface area contributed by atoms with Gasteiger partial charge in [0.2, 0.25) is 0 Å². The number of carbonyl (C=O) groups excluding carboxylic acids is 3. The Morgan fingerprint density at radius 2 is 1.65 bits per heavy atom. The first-order chi connectivity index (χ1) is 22.2. The van der Waals surface area contributed by atoms with Gasteiger partial charge in [-0.25, -0.2) is 4.79 Å². The minimum atomic E-state index is -6.07. The van der Waals surface area contributed by atoms with Crippen molar-refractivity contribution in [2.45, 2.75) is 70.1 Å². The lowest BCUT2D eigenvalue weighted by molar-refractivity contribution is -0.376. The second kappa shape index (κ2) is 13.0. The van der Waals surface area contributed by atoms with Gasteiger partial charge in [0, 0.05) is 11.6 Å². The number of ketones is 1. The lowest BCUT2D eigenvalue weighted by Gasteiger charge is -2.33. The van der Waals surface area contributed by atoms with E-state index in [1.807, 2.05) is 13.8 Å². The van der Waals surface area contributed by atoms with Gasteiger partial charge in [0.15, 0.2) is 11.3 Å². The highest BCUT2D eigenvalue weighted by molar-refractivity contribution is 6.11. The smallest absolute Gasteiger partial charge is 0.430 e. The van der Waals surface area contributed by atoms with Crippen molar-refractivity contribution in [1.82, 2.24) is 15.2 Å². The normalized spacial score (nSPS) is 17.1. The van der Waals surface area contributed by atoms with Gasteiger partial charge in [0.25, 0.3) is 11.5 Å². The van der Waals surface area contributed by atoms with Crippen molar-refractivity contribution in [2.24, 2.45) is 0 Å². The fourth-order valence-corrected chi connectivity index (χ4v) is 5.06. The highest BCUT2D eigenvalue weighted by Crippen LogP contribution is 2.50. The van der Waals surface area contributed by atoms with E-state index in [1.165, 1.54) is 25.3 Å². The van der Waals surface area contributed by atoms with Gasteiger partial charge in [-0.15, -0.1) is 0 Å². The lowest BCUT2D eigenvalue weighted by atomic mass is 9.90. The van der Waals surface area contributed by atoms with Crippen molar-refractivity contribution >= 4 is 17.7 Å². The molecular formula is C32H31F6N3O7. The molecule has 16 heteroatoms. The van der Waals surface area contributed by atoms with Crippen LogP contribution in [0.25, 0.3) is 0 Å². The number of nitrogens with zero attached hydrogens (tertiary/aromatic N) is 2. The number of aliphatic hydroxyl groups is 1. The lowest BCUT2D eigenvalue weighted by Crippen LogP contribution is -2.53. The van der Waals surface area contributed by atoms with E-state index in [-0.39, 0.29) is 47.3 Å². The number of halogens is 6. The zero-order valence-corrected chi connectivity index (χ0v) is 26.0. The monoisotopic (exact) mass is 683 g/mol. The molecule has 0 aliphatic carbocycles. The molecule has 1 aromatic heterocycles. The number of pyridine rings is 1. The Kier molecular flexibility index (Phi) is 9.73. The van der Waals surface area contributed by atoms with E-state index >= 15 is 0 Å². The maximum absolute atomic E-state index is 13.4. The fraction of sp³-hybridized carbons (Fsp3) is 0.375. The zero-order valence-electron chi connectivity index (χ0n) is 26.0. The van der Waals surface area contributed by atoms with E-state index in [9.17, 15) is 50.9 Å². The molecule has 48 heavy (non-hydrogen) atoms. The number of imide groups is 1. The summed E-state index contributed by atoms with van der Waals surface area (Å²) in [6.45, 7) is 5.91. The van der Waals surface area contributed by atoms with Crippen LogP contribution in [0.5, 0.6) is 23.0 Å². The van der Waals surface area contributed by atoms with Gasteiger partial charge in [0.05, 0.1) is 30.1 Å². The number of hydrogen-bond donors (Lipinski definition) is 3. The number of benzene rings is 2. The molecule has 2 heterocycles. The van der Waals surface area contributed by atoms with Crippen molar-refractivity contribution in [3.8, 4) is 23.0 Å². The highest BCUT2D eigenvalue weighted by Gasteiger charge is 2.71. The van der Waals surface area contributed by atoms with Crippen LogP contribution in [0.3, 0.4) is 0 Å². The van der Waals surface area contributed by atoms with Gasteiger partial charge in [-0.1, -0.05) is 19.4 Å². The average Bonchev–Trinajstić information content (AvgIpc) is 3.20. The molecule has 1 saturated heterocycles. The molecule has 3 amide bonds. The number of alkyl halides is 6. The van der Waals surface area contributed by atoms with Crippen molar-refractivity contribution in [1.29, 1.82) is 0 Å². The van der Waals surface area contributed by atoms with Crippen LogP contribution in [0.15, 0.2) is 54.7 Å². The Balaban J connectivity index is 1.53. The molecule has 0 bridgehead atoms. The number of phenols is 1. The molecule has 4 rings (SSSR count). The minimum absolute atomic E-state index is 0.0340. The van der Waals surface area contributed by atoms with Gasteiger partial charge < -0.3 is 25.0 Å². The van der Waals surface area contributed by atoms with Crippen molar-refractivity contribution < 1.29 is 60.4 Å². The molecule has 3 N–H and O–H groups in total. The molecule has 0 spiro atoms. The van der Waals surface area contributed by atoms with E-state index in [0.29, 0.717) is 22.8 Å². The Labute approximate surface area is 270 Å². The molecule has 1 fully saturated rings. The van der Waals surface area contributed by atoms with Gasteiger partial charge in [-0.05, 0) is 69.2 Å². The van der Waals surface area contributed by atoms with E-state index in [0.717, 1.165) is 18.2 Å². The highest BCUT2D eigenvalue weighted by atomic mass is 19.4. The van der Waals surface area contributed by atoms with Crippen LogP contribution in [-0.4, -0.2) is 62.8 Å². The van der Waals surface area contributed by atoms with E-state index in [2.05, 4.69) is 10.3 Å². The molecule has 10 nitrogen and oxygen atoms in total. The molecular weight excluding hydrogens is 652 g/mol. The van der Waals surface area contributed by atoms with Gasteiger partial charge in [0.1, 0.15) is 23.0 Å². The van der Waals surface area contributed by atoms with Crippen molar-refractivity contribution in [2.75, 3.05) is 6.54 Å². The first-order valence-electron chi connectivity index (χ1n) is 14.5. The molecule has 1 aliphatic rings. The maximum atomic E-state index is 13.4. The topological polar surface area (TPSA) is 138 Å². The van der Waals surface area contributed by atoms with Crippen LogP contribution < -0.4 is 14.8 Å². The summed E-state index contributed by atoms with van der Waals surface area (Å²) in [5, 5.41) is 22.9. The predicted molar refractivity (Wildman–Crippen MR) is 157 cm³/mol. The Bertz CT molecular complexity index is 1700. The second-order valence-corrected chi connectivity index (χ2v) is 11.5. The second-order valence-electron chi connectivity index (χ2n) is 11.5. The van der Waals surface area contributed by atoms with Crippen molar-refractivity contribution in [3.63, 3.8) is 0 Å². The predicted octanol–water partition coefficient (Wildman–Crippen LogP) is 6.28. The van der Waals surface area contributed by atoms with Gasteiger partial charge in [-0.2, -0.15) is 26.3 Å². The van der Waals surface area contributed by atoms with Gasteiger partial charge in [-0.3, -0.25) is 19.5 Å². The van der Waals surface area contributed by atoms with Crippen LogP contribution >= 0.6 is 0 Å². The molecule has 0 saturated carbocycles. The van der Waals surface area contributed by atoms with Crippen LogP contribution in [0.2, 0.25) is 0 Å². The largest absolute Gasteiger partial charge is 0.507 e. The van der Waals surface area contributed by atoms with E-state index in [1.54, 1.807) is 13.0 Å². The number of Topliss-reactive ketones (excluding diaryl/α,β-unsaturated/α-hetero) is 1. The van der Waals surface area contributed by atoms with Crippen molar-refractivity contribution in [3.05, 3.63) is 77.1 Å². The summed E-state index contributed by atoms with van der Waals surface area (Å²) in [5.74, 6) is -2.13. The Hall–Kier alpha value is -4.86. The first-order valence-corrected chi connectivity index (χ1v) is 14.5. The molecule has 2 aromatic carbocycles. The first kappa shape index (κ1) is 36.0. The number of amides is 3. The SMILES string of the molecule is CCCc1cc(C(O)(C(F)(F)F)C(F)(F)F)ccc1Oc1ccc(C(=O)CN2C(=O)NC(C)(c3ccc(OC(C)C)cn3)C2=O)c(O)c1. The maximum Gasteiger partial charge on any atom is 0.430 e. The van der Waals surface area contributed by atoms with Gasteiger partial charge >= 0.3 is 18.4 Å². The number of aromatic hydroxyl groups is 1. The number of phenolic OH excluding ortho intramolecular Hbond substituents is 1. The van der Waals surface area contributed by atoms with E-state index < -0.39 is 59.1 Å². The zero-order chi connectivity index (χ0) is 35.8. The number of nitrogens with one attached hydrogen (secondary N) is 1. The standard InChI is InChI=1S/C32H31F6N3O7/c1-5-6-18-13-19(30(46,31(33,34)35)32(36,37)38)7-11-25(18)48-20-8-10-22(23(42)14-20)24(43)16-41-27(44)29(4,40-28(41)45)26-12-9-21(15-39-26)47-17(2)3/h7-15,17,42,46H,5-6,16H2,1-4H3,(H,40,45). The number of rotatable bonds is 11. The number of carbonyl (C=O) groups is 3. The number of urea groups is 1. The van der Waals surface area contributed by atoms with Crippen LogP contribution in [0.1, 0.15) is 61.3 Å². The summed E-state index contributed by atoms with van der Waals surface area (Å²) in [4.78, 5) is 44.0. The summed E-state index contributed by atoms with van der Waals surface area (Å²) in [6.07, 6.45) is -10.6. The average molecular weight is 684 g/mol. The number of aromatic nitrogens is 1. The summed E-state index contributed by atoms with van der Waals surface area (Å²) in [7, 11) is 0. The quantitative estimate of drug-likeness (QED) is 0.122. The molecule has 1 atom stereocenters. The molecule has 3 aromatic rings. The van der Waals surface area contributed by atoms with Crippen LogP contribution in [0, 0.1) is 0 Å². The summed E-state index contributed by atoms with van der Waals surface area (Å²) in [6, 6.07) is 7.28. The molecule has 1 aliphatic heterocycles. The molecule has 258 valence electrons. The minimum Gasteiger partial charge on any atom is -0.507 e. The Morgan fingerprint density at radius 1 is 1.00 bits per heavy atom. The fourth-order valence-electron chi connectivity index (χ4n) is 5.06. The summed E-state index contributed by atoms with van der Waals surface area (Å²) in [5.41, 5.74) is -8.40. The third-order valence-corrected chi connectivity index (χ3v) is 7.51. The Morgan fingerprint density at radius 3 is 2.19 bits per heavy atom. The molecule has 0 radical (unpaired) electrons. The molecule has 1 unspecified atom stereocenters. The third kappa shape index (κ3) is 6.74.